The molecule has 1 aromatic rings. The summed E-state index contributed by atoms with van der Waals surface area (Å²) in [7, 11) is 0. The van der Waals surface area contributed by atoms with E-state index in [2.05, 4.69) is 5.32 Å². The van der Waals surface area contributed by atoms with Crippen LogP contribution in [0.1, 0.15) is 24.8 Å². The smallest absolute Gasteiger partial charge is 0.323 e. The van der Waals surface area contributed by atoms with Crippen LogP contribution in [0.4, 0.5) is 0 Å². The van der Waals surface area contributed by atoms with Crippen molar-refractivity contribution in [2.75, 3.05) is 0 Å². The van der Waals surface area contributed by atoms with E-state index in [0.29, 0.717) is 6.54 Å². The highest BCUT2D eigenvalue weighted by Crippen LogP contribution is 2.32. The second kappa shape index (κ2) is 3.71. The molecule has 14 heavy (non-hydrogen) atoms. The van der Waals surface area contributed by atoms with E-state index >= 15 is 0 Å². The van der Waals surface area contributed by atoms with Gasteiger partial charge in [-0.25, -0.2) is 0 Å². The van der Waals surface area contributed by atoms with E-state index in [0.717, 1.165) is 19.3 Å². The molecule has 1 aliphatic rings. The minimum absolute atomic E-state index is 0.637. The fourth-order valence-corrected chi connectivity index (χ4v) is 2.33. The monoisotopic (exact) mass is 211 g/mol. The number of thiophene rings is 1. The summed E-state index contributed by atoms with van der Waals surface area (Å²) in [6.45, 7) is 0.662. The summed E-state index contributed by atoms with van der Waals surface area (Å²) in [4.78, 5) is 11.0. The highest BCUT2D eigenvalue weighted by atomic mass is 32.1. The molecule has 0 aliphatic heterocycles. The number of aliphatic carboxylic acids is 1. The van der Waals surface area contributed by atoms with Crippen LogP contribution in [-0.2, 0) is 11.3 Å². The SMILES string of the molecule is O=C(O)C1(NCc2ccsc2)CCC1. The maximum atomic E-state index is 11.0. The van der Waals surface area contributed by atoms with Gasteiger partial charge in [0.05, 0.1) is 0 Å². The lowest BCUT2D eigenvalue weighted by Gasteiger charge is -2.38. The number of hydrogen-bond acceptors (Lipinski definition) is 3. The predicted octanol–water partition coefficient (Wildman–Crippen LogP) is 1.84. The molecule has 1 fully saturated rings. The number of carboxylic acids is 1. The Morgan fingerprint density at radius 3 is 2.86 bits per heavy atom. The largest absolute Gasteiger partial charge is 0.480 e. The maximum absolute atomic E-state index is 11.0. The van der Waals surface area contributed by atoms with Gasteiger partial charge in [0.2, 0.25) is 0 Å². The Morgan fingerprint density at radius 2 is 2.43 bits per heavy atom. The van der Waals surface area contributed by atoms with Gasteiger partial charge in [-0.05, 0) is 41.7 Å². The molecule has 3 nitrogen and oxygen atoms in total. The molecular formula is C10H13NO2S. The van der Waals surface area contributed by atoms with Crippen LogP contribution in [-0.4, -0.2) is 16.6 Å². The molecule has 2 rings (SSSR count). The van der Waals surface area contributed by atoms with E-state index < -0.39 is 11.5 Å². The van der Waals surface area contributed by atoms with Gasteiger partial charge in [-0.15, -0.1) is 0 Å². The van der Waals surface area contributed by atoms with Crippen LogP contribution < -0.4 is 5.32 Å². The molecule has 0 atom stereocenters. The van der Waals surface area contributed by atoms with Crippen LogP contribution in [0.15, 0.2) is 16.8 Å². The molecule has 0 bridgehead atoms. The summed E-state index contributed by atoms with van der Waals surface area (Å²) in [6, 6.07) is 2.02. The zero-order chi connectivity index (χ0) is 10.0. The number of nitrogens with one attached hydrogen (secondary N) is 1. The third-order valence-corrected chi connectivity index (χ3v) is 3.56. The lowest BCUT2D eigenvalue weighted by atomic mass is 9.77. The summed E-state index contributed by atoms with van der Waals surface area (Å²) in [5.74, 6) is -0.709. The molecule has 1 saturated carbocycles. The van der Waals surface area contributed by atoms with Crippen molar-refractivity contribution in [3.63, 3.8) is 0 Å². The van der Waals surface area contributed by atoms with Crippen LogP contribution in [0.5, 0.6) is 0 Å². The van der Waals surface area contributed by atoms with Crippen LogP contribution in [0.2, 0.25) is 0 Å². The fraction of sp³-hybridized carbons (Fsp3) is 0.500. The molecular weight excluding hydrogens is 198 g/mol. The van der Waals surface area contributed by atoms with Gasteiger partial charge >= 0.3 is 5.97 Å². The van der Waals surface area contributed by atoms with E-state index in [1.165, 1.54) is 5.56 Å². The number of carboxylic acid groups (broad SMARTS) is 1. The third kappa shape index (κ3) is 1.67. The van der Waals surface area contributed by atoms with E-state index in [4.69, 9.17) is 5.11 Å². The van der Waals surface area contributed by atoms with Crippen LogP contribution in [0, 0.1) is 0 Å². The van der Waals surface area contributed by atoms with Crippen molar-refractivity contribution >= 4 is 17.3 Å². The molecule has 0 saturated heterocycles. The number of carbonyl (C=O) groups is 1. The van der Waals surface area contributed by atoms with Crippen molar-refractivity contribution < 1.29 is 9.90 Å². The first-order valence-corrected chi connectivity index (χ1v) is 5.67. The standard InChI is InChI=1S/C10H13NO2S/c12-9(13)10(3-1-4-10)11-6-8-2-5-14-7-8/h2,5,7,11H,1,3-4,6H2,(H,12,13). The van der Waals surface area contributed by atoms with Crippen molar-refractivity contribution in [2.24, 2.45) is 0 Å². The van der Waals surface area contributed by atoms with Crippen LogP contribution in [0.25, 0.3) is 0 Å². The molecule has 0 unspecified atom stereocenters. The van der Waals surface area contributed by atoms with Crippen molar-refractivity contribution in [3.05, 3.63) is 22.4 Å². The fourth-order valence-electron chi connectivity index (χ4n) is 1.66. The summed E-state index contributed by atoms with van der Waals surface area (Å²) < 4.78 is 0. The summed E-state index contributed by atoms with van der Waals surface area (Å²) in [5, 5.41) is 16.2. The number of rotatable bonds is 4. The quantitative estimate of drug-likeness (QED) is 0.799. The lowest BCUT2D eigenvalue weighted by Crippen LogP contribution is -2.56. The van der Waals surface area contributed by atoms with E-state index in [1.807, 2.05) is 16.8 Å². The molecule has 1 aliphatic carbocycles. The molecule has 76 valence electrons. The molecule has 1 aromatic heterocycles. The summed E-state index contributed by atoms with van der Waals surface area (Å²) in [5.41, 5.74) is 0.532. The Kier molecular flexibility index (Phi) is 2.56. The van der Waals surface area contributed by atoms with Crippen molar-refractivity contribution in [2.45, 2.75) is 31.3 Å². The van der Waals surface area contributed by atoms with Gasteiger partial charge in [-0.3, -0.25) is 10.1 Å². The zero-order valence-corrected chi connectivity index (χ0v) is 8.64. The first-order chi connectivity index (χ1) is 6.73. The first-order valence-electron chi connectivity index (χ1n) is 4.72. The van der Waals surface area contributed by atoms with Gasteiger partial charge in [0, 0.05) is 6.54 Å². The van der Waals surface area contributed by atoms with E-state index in [9.17, 15) is 4.79 Å². The molecule has 0 spiro atoms. The highest BCUT2D eigenvalue weighted by molar-refractivity contribution is 7.07. The first kappa shape index (κ1) is 9.68. The second-order valence-electron chi connectivity index (χ2n) is 3.73. The van der Waals surface area contributed by atoms with Crippen LogP contribution >= 0.6 is 11.3 Å². The second-order valence-corrected chi connectivity index (χ2v) is 4.51. The average Bonchev–Trinajstić information content (AvgIpc) is 2.53. The van der Waals surface area contributed by atoms with Gasteiger partial charge in [0.15, 0.2) is 0 Å². The van der Waals surface area contributed by atoms with Gasteiger partial charge < -0.3 is 5.11 Å². The van der Waals surface area contributed by atoms with Crippen LogP contribution in [0.3, 0.4) is 0 Å². The third-order valence-electron chi connectivity index (χ3n) is 2.83. The molecule has 4 heteroatoms. The Bertz CT molecular complexity index is 317. The van der Waals surface area contributed by atoms with Crippen molar-refractivity contribution in [1.29, 1.82) is 0 Å². The summed E-state index contributed by atoms with van der Waals surface area (Å²) >= 11 is 1.64. The molecule has 2 N–H and O–H groups in total. The lowest BCUT2D eigenvalue weighted by molar-refractivity contribution is -0.148. The molecule has 0 aromatic carbocycles. The molecule has 1 heterocycles. The summed E-state index contributed by atoms with van der Waals surface area (Å²) in [6.07, 6.45) is 2.53. The number of hydrogen-bond donors (Lipinski definition) is 2. The topological polar surface area (TPSA) is 49.3 Å². The minimum Gasteiger partial charge on any atom is -0.480 e. The van der Waals surface area contributed by atoms with Gasteiger partial charge in [-0.2, -0.15) is 11.3 Å². The van der Waals surface area contributed by atoms with Gasteiger partial charge in [-0.1, -0.05) is 0 Å². The Labute approximate surface area is 86.8 Å². The Hall–Kier alpha value is -0.870. The Morgan fingerprint density at radius 1 is 1.64 bits per heavy atom. The molecule has 0 amide bonds. The maximum Gasteiger partial charge on any atom is 0.323 e. The van der Waals surface area contributed by atoms with Crippen molar-refractivity contribution in [1.82, 2.24) is 5.32 Å². The van der Waals surface area contributed by atoms with Gasteiger partial charge in [0.1, 0.15) is 5.54 Å². The molecule has 0 radical (unpaired) electrons. The van der Waals surface area contributed by atoms with E-state index in [-0.39, 0.29) is 0 Å². The predicted molar refractivity (Wildman–Crippen MR) is 55.4 cm³/mol. The van der Waals surface area contributed by atoms with E-state index in [1.54, 1.807) is 11.3 Å². The normalized spacial score (nSPS) is 18.9. The van der Waals surface area contributed by atoms with Crippen molar-refractivity contribution in [3.8, 4) is 0 Å². The van der Waals surface area contributed by atoms with Gasteiger partial charge in [0.25, 0.3) is 0 Å². The average molecular weight is 211 g/mol. The Balaban J connectivity index is 1.93. The minimum atomic E-state index is -0.709. The zero-order valence-electron chi connectivity index (χ0n) is 7.82. The highest BCUT2D eigenvalue weighted by Gasteiger charge is 2.43.